The Morgan fingerprint density at radius 3 is 2.33 bits per heavy atom. The van der Waals surface area contributed by atoms with Crippen molar-refractivity contribution >= 4 is 21.4 Å². The molecule has 0 atom stereocenters. The Kier molecular flexibility index (Phi) is 4.43. The quantitative estimate of drug-likeness (QED) is 0.830. The van der Waals surface area contributed by atoms with Gasteiger partial charge in [-0.25, -0.2) is 26.6 Å². The highest BCUT2D eigenvalue weighted by molar-refractivity contribution is 7.89. The third kappa shape index (κ3) is 3.07. The molecule has 0 bridgehead atoms. The number of halogens is 3. The first-order valence-electron chi connectivity index (χ1n) is 7.35. The number of benzene rings is 1. The van der Waals surface area contributed by atoms with Crippen molar-refractivity contribution in [2.75, 3.05) is 0 Å². The van der Waals surface area contributed by atoms with E-state index in [0.717, 1.165) is 18.5 Å². The Morgan fingerprint density at radius 1 is 1.12 bits per heavy atom. The Labute approximate surface area is 141 Å². The van der Waals surface area contributed by atoms with E-state index in [1.165, 1.54) is 11.3 Å². The molecule has 0 spiro atoms. The molecule has 1 aromatic carbocycles. The molecule has 24 heavy (non-hydrogen) atoms. The van der Waals surface area contributed by atoms with Crippen molar-refractivity contribution in [3.05, 3.63) is 45.7 Å². The average Bonchev–Trinajstić information content (AvgIpc) is 3.12. The monoisotopic (exact) mass is 376 g/mol. The predicted molar refractivity (Wildman–Crippen MR) is 83.6 cm³/mol. The van der Waals surface area contributed by atoms with E-state index >= 15 is 0 Å². The van der Waals surface area contributed by atoms with Gasteiger partial charge in [0.15, 0.2) is 11.6 Å². The van der Waals surface area contributed by atoms with E-state index in [4.69, 9.17) is 0 Å². The molecule has 1 N–H and O–H groups in total. The van der Waals surface area contributed by atoms with Crippen molar-refractivity contribution in [2.45, 2.75) is 43.0 Å². The molecule has 0 radical (unpaired) electrons. The maximum Gasteiger partial charge on any atom is 0.244 e. The van der Waals surface area contributed by atoms with E-state index in [0.29, 0.717) is 23.9 Å². The van der Waals surface area contributed by atoms with Crippen LogP contribution in [0, 0.1) is 24.4 Å². The molecular weight excluding hydrogens is 361 g/mol. The molecule has 1 aliphatic carbocycles. The minimum Gasteiger partial charge on any atom is -0.245 e. The maximum absolute atomic E-state index is 13.9. The van der Waals surface area contributed by atoms with Crippen LogP contribution in [-0.2, 0) is 15.6 Å². The summed E-state index contributed by atoms with van der Waals surface area (Å²) in [6.45, 7) is 1.80. The van der Waals surface area contributed by atoms with Gasteiger partial charge in [0.1, 0.15) is 15.7 Å². The Balaban J connectivity index is 2.02. The zero-order chi connectivity index (χ0) is 17.5. The summed E-state index contributed by atoms with van der Waals surface area (Å²) in [5, 5.41) is 2.41. The number of hydrogen-bond donors (Lipinski definition) is 1. The lowest BCUT2D eigenvalue weighted by molar-refractivity contribution is 0.399. The predicted octanol–water partition coefficient (Wildman–Crippen LogP) is 3.62. The van der Waals surface area contributed by atoms with Crippen molar-refractivity contribution in [2.24, 2.45) is 0 Å². The summed E-state index contributed by atoms with van der Waals surface area (Å²) in [6.07, 6.45) is 2.62. The van der Waals surface area contributed by atoms with E-state index in [2.05, 4.69) is 9.71 Å². The first kappa shape index (κ1) is 17.4. The summed E-state index contributed by atoms with van der Waals surface area (Å²) in [6, 6.07) is 0.599. The molecule has 3 rings (SSSR count). The van der Waals surface area contributed by atoms with Crippen molar-refractivity contribution in [1.29, 1.82) is 0 Å². The first-order valence-corrected chi connectivity index (χ1v) is 9.71. The van der Waals surface area contributed by atoms with E-state index in [-0.39, 0.29) is 6.07 Å². The molecule has 0 aliphatic heterocycles. The van der Waals surface area contributed by atoms with Gasteiger partial charge in [0, 0.05) is 17.1 Å². The highest BCUT2D eigenvalue weighted by Gasteiger charge is 2.42. The van der Waals surface area contributed by atoms with Crippen LogP contribution < -0.4 is 4.72 Å². The second kappa shape index (κ2) is 6.12. The lowest BCUT2D eigenvalue weighted by Gasteiger charge is -2.28. The third-order valence-corrected chi connectivity index (χ3v) is 6.80. The van der Waals surface area contributed by atoms with E-state index in [1.54, 1.807) is 6.92 Å². The summed E-state index contributed by atoms with van der Waals surface area (Å²) >= 11 is 1.33. The number of sulfonamides is 1. The molecule has 0 unspecified atom stereocenters. The number of aromatic nitrogens is 1. The second-order valence-corrected chi connectivity index (χ2v) is 8.39. The number of thiazole rings is 1. The molecule has 4 nitrogen and oxygen atoms in total. The van der Waals surface area contributed by atoms with Crippen molar-refractivity contribution in [1.82, 2.24) is 9.71 Å². The largest absolute Gasteiger partial charge is 0.245 e. The average molecular weight is 376 g/mol. The Bertz CT molecular complexity index is 875. The molecule has 0 amide bonds. The van der Waals surface area contributed by atoms with Crippen LogP contribution in [-0.4, -0.2) is 13.4 Å². The first-order chi connectivity index (χ1) is 11.2. The van der Waals surface area contributed by atoms with Gasteiger partial charge < -0.3 is 0 Å². The summed E-state index contributed by atoms with van der Waals surface area (Å²) in [4.78, 5) is 3.46. The van der Waals surface area contributed by atoms with Crippen LogP contribution in [0.25, 0.3) is 0 Å². The number of nitrogens with zero attached hydrogens (tertiary/aromatic N) is 1. The SMILES string of the molecule is Cc1csc(C2(NS(=O)(=O)c3cc(F)c(F)cc3F)CCCC2)n1. The van der Waals surface area contributed by atoms with Gasteiger partial charge in [-0.1, -0.05) is 12.8 Å². The van der Waals surface area contributed by atoms with E-state index in [9.17, 15) is 21.6 Å². The molecular formula is C15H15F3N2O2S2. The molecule has 2 aromatic rings. The molecule has 1 aliphatic rings. The summed E-state index contributed by atoms with van der Waals surface area (Å²) in [5.41, 5.74) is -0.172. The second-order valence-electron chi connectivity index (χ2n) is 5.89. The van der Waals surface area contributed by atoms with Crippen molar-refractivity contribution in [3.63, 3.8) is 0 Å². The number of aryl methyl sites for hydroxylation is 1. The lowest BCUT2D eigenvalue weighted by atomic mass is 10.0. The smallest absolute Gasteiger partial charge is 0.244 e. The zero-order valence-electron chi connectivity index (χ0n) is 12.8. The van der Waals surface area contributed by atoms with Crippen LogP contribution >= 0.6 is 11.3 Å². The zero-order valence-corrected chi connectivity index (χ0v) is 14.4. The van der Waals surface area contributed by atoms with Crippen LogP contribution in [0.5, 0.6) is 0 Å². The summed E-state index contributed by atoms with van der Waals surface area (Å²) < 4.78 is 68.0. The Morgan fingerprint density at radius 2 is 1.75 bits per heavy atom. The normalized spacial score (nSPS) is 17.3. The van der Waals surface area contributed by atoms with E-state index in [1.807, 2.05) is 5.38 Å². The Hall–Kier alpha value is -1.45. The number of rotatable bonds is 4. The summed E-state index contributed by atoms with van der Waals surface area (Å²) in [7, 11) is -4.38. The molecule has 1 fully saturated rings. The fourth-order valence-corrected chi connectivity index (χ4v) is 5.51. The van der Waals surface area contributed by atoms with Gasteiger partial charge in [0.05, 0.1) is 5.54 Å². The lowest BCUT2D eigenvalue weighted by Crippen LogP contribution is -2.44. The maximum atomic E-state index is 13.9. The molecule has 1 saturated carbocycles. The van der Waals surface area contributed by atoms with Gasteiger partial charge in [0.2, 0.25) is 10.0 Å². The van der Waals surface area contributed by atoms with Gasteiger partial charge in [-0.15, -0.1) is 11.3 Å². The van der Waals surface area contributed by atoms with Crippen LogP contribution in [0.1, 0.15) is 36.4 Å². The molecule has 9 heteroatoms. The number of nitrogens with one attached hydrogen (secondary N) is 1. The summed E-state index contributed by atoms with van der Waals surface area (Å²) in [5.74, 6) is -4.18. The minimum atomic E-state index is -4.38. The van der Waals surface area contributed by atoms with Crippen molar-refractivity contribution in [3.8, 4) is 0 Å². The van der Waals surface area contributed by atoms with Gasteiger partial charge in [0.25, 0.3) is 0 Å². The van der Waals surface area contributed by atoms with Gasteiger partial charge in [-0.05, 0) is 25.8 Å². The fraction of sp³-hybridized carbons (Fsp3) is 0.400. The molecule has 1 heterocycles. The van der Waals surface area contributed by atoms with Gasteiger partial charge >= 0.3 is 0 Å². The minimum absolute atomic E-state index is 0.235. The van der Waals surface area contributed by atoms with Crippen LogP contribution in [0.3, 0.4) is 0 Å². The molecule has 0 saturated heterocycles. The third-order valence-electron chi connectivity index (χ3n) is 4.08. The van der Waals surface area contributed by atoms with Crippen molar-refractivity contribution < 1.29 is 21.6 Å². The number of hydrogen-bond acceptors (Lipinski definition) is 4. The van der Waals surface area contributed by atoms with Gasteiger partial charge in [-0.2, -0.15) is 4.72 Å². The van der Waals surface area contributed by atoms with Crippen LogP contribution in [0.15, 0.2) is 22.4 Å². The topological polar surface area (TPSA) is 59.1 Å². The highest BCUT2D eigenvalue weighted by atomic mass is 32.2. The van der Waals surface area contributed by atoms with Gasteiger partial charge in [-0.3, -0.25) is 0 Å². The standard InChI is InChI=1S/C15H15F3N2O2S2/c1-9-8-23-14(19-9)15(4-2-3-5-15)20-24(21,22)13-7-11(17)10(16)6-12(13)18/h6-8,20H,2-5H2,1H3. The van der Waals surface area contributed by atoms with Crippen LogP contribution in [0.2, 0.25) is 0 Å². The van der Waals surface area contributed by atoms with Crippen LogP contribution in [0.4, 0.5) is 13.2 Å². The molecule has 1 aromatic heterocycles. The highest BCUT2D eigenvalue weighted by Crippen LogP contribution is 2.41. The fourth-order valence-electron chi connectivity index (χ4n) is 2.93. The molecule has 130 valence electrons. The van der Waals surface area contributed by atoms with E-state index < -0.39 is 37.9 Å².